The smallest absolute Gasteiger partial charge is 0.227 e. The van der Waals surface area contributed by atoms with Gasteiger partial charge in [0.25, 0.3) is 0 Å². The van der Waals surface area contributed by atoms with Crippen LogP contribution in [0.3, 0.4) is 0 Å². The lowest BCUT2D eigenvalue weighted by molar-refractivity contribution is -0.122. The van der Waals surface area contributed by atoms with Crippen molar-refractivity contribution in [1.82, 2.24) is 10.6 Å². The summed E-state index contributed by atoms with van der Waals surface area (Å²) in [6, 6.07) is 10.3. The summed E-state index contributed by atoms with van der Waals surface area (Å²) in [6.07, 6.45) is 0. The Kier molecular flexibility index (Phi) is 5.70. The van der Waals surface area contributed by atoms with Crippen molar-refractivity contribution in [3.05, 3.63) is 35.9 Å². The number of carbonyl (C=O) groups excluding carboxylic acids is 1. The minimum atomic E-state index is -0.0877. The van der Waals surface area contributed by atoms with Crippen molar-refractivity contribution in [2.75, 3.05) is 13.1 Å². The molecule has 0 aliphatic heterocycles. The van der Waals surface area contributed by atoms with Crippen LogP contribution >= 0.6 is 0 Å². The van der Waals surface area contributed by atoms with Crippen molar-refractivity contribution in [2.24, 2.45) is 0 Å². The van der Waals surface area contributed by atoms with E-state index in [0.717, 1.165) is 12.1 Å². The Morgan fingerprint density at radius 3 is 2.35 bits per heavy atom. The van der Waals surface area contributed by atoms with E-state index in [9.17, 15) is 4.79 Å². The van der Waals surface area contributed by atoms with Crippen LogP contribution in [0, 0.1) is 0 Å². The Morgan fingerprint density at radius 2 is 1.76 bits per heavy atom. The minimum Gasteiger partial charge on any atom is -0.354 e. The van der Waals surface area contributed by atoms with Crippen molar-refractivity contribution < 1.29 is 4.79 Å². The molecule has 0 radical (unpaired) electrons. The van der Waals surface area contributed by atoms with Crippen LogP contribution in [0.15, 0.2) is 30.3 Å². The van der Waals surface area contributed by atoms with Gasteiger partial charge in [-0.05, 0) is 12.5 Å². The molecule has 0 bridgehead atoms. The molecule has 1 atom stereocenters. The predicted molar refractivity (Wildman–Crippen MR) is 71.0 cm³/mol. The van der Waals surface area contributed by atoms with Gasteiger partial charge in [0.1, 0.15) is 0 Å². The molecule has 1 unspecified atom stereocenters. The van der Waals surface area contributed by atoms with Gasteiger partial charge in [0.2, 0.25) is 5.91 Å². The highest BCUT2D eigenvalue weighted by molar-refractivity contribution is 5.83. The fourth-order valence-corrected chi connectivity index (χ4v) is 1.59. The molecular weight excluding hydrogens is 212 g/mol. The monoisotopic (exact) mass is 234 g/mol. The maximum atomic E-state index is 11.8. The third-order valence-corrected chi connectivity index (χ3v) is 2.67. The Hall–Kier alpha value is -1.35. The summed E-state index contributed by atoms with van der Waals surface area (Å²) in [4.78, 5) is 11.8. The molecule has 3 nitrogen and oxygen atoms in total. The van der Waals surface area contributed by atoms with Gasteiger partial charge in [0, 0.05) is 19.1 Å². The van der Waals surface area contributed by atoms with Gasteiger partial charge in [0.05, 0.1) is 5.92 Å². The average molecular weight is 234 g/mol. The second-order valence-electron chi connectivity index (χ2n) is 4.53. The highest BCUT2D eigenvalue weighted by Crippen LogP contribution is 2.13. The minimum absolute atomic E-state index is 0.0850. The molecule has 0 spiro atoms. The third-order valence-electron chi connectivity index (χ3n) is 2.67. The molecule has 0 saturated heterocycles. The van der Waals surface area contributed by atoms with Gasteiger partial charge >= 0.3 is 0 Å². The SMILES string of the molecule is CC(C)NCCNC(=O)C(C)c1ccccc1. The van der Waals surface area contributed by atoms with Crippen LogP contribution in [0.5, 0.6) is 0 Å². The molecule has 2 N–H and O–H groups in total. The lowest BCUT2D eigenvalue weighted by Gasteiger charge is -2.13. The first-order chi connectivity index (χ1) is 8.11. The fraction of sp³-hybridized carbons (Fsp3) is 0.500. The largest absolute Gasteiger partial charge is 0.354 e. The van der Waals surface area contributed by atoms with Gasteiger partial charge in [-0.25, -0.2) is 0 Å². The number of hydrogen-bond donors (Lipinski definition) is 2. The Morgan fingerprint density at radius 1 is 1.12 bits per heavy atom. The van der Waals surface area contributed by atoms with E-state index in [1.54, 1.807) is 0 Å². The third kappa shape index (κ3) is 5.00. The molecule has 0 aliphatic carbocycles. The topological polar surface area (TPSA) is 41.1 Å². The molecular formula is C14H22N2O. The van der Waals surface area contributed by atoms with E-state index in [0.29, 0.717) is 12.6 Å². The number of amides is 1. The van der Waals surface area contributed by atoms with Crippen LogP contribution in [0.4, 0.5) is 0 Å². The number of rotatable bonds is 6. The molecule has 0 fully saturated rings. The van der Waals surface area contributed by atoms with Gasteiger partial charge in [-0.3, -0.25) is 4.79 Å². The fourth-order valence-electron chi connectivity index (χ4n) is 1.59. The molecule has 3 heteroatoms. The first-order valence-corrected chi connectivity index (χ1v) is 6.17. The summed E-state index contributed by atoms with van der Waals surface area (Å²) in [5.41, 5.74) is 1.06. The van der Waals surface area contributed by atoms with E-state index in [4.69, 9.17) is 0 Å². The predicted octanol–water partition coefficient (Wildman–Crippen LogP) is 1.90. The Balaban J connectivity index is 2.33. The van der Waals surface area contributed by atoms with E-state index in [1.165, 1.54) is 0 Å². The molecule has 17 heavy (non-hydrogen) atoms. The molecule has 0 aliphatic rings. The summed E-state index contributed by atoms with van der Waals surface area (Å²) in [6.45, 7) is 7.60. The van der Waals surface area contributed by atoms with E-state index in [2.05, 4.69) is 24.5 Å². The molecule has 1 amide bonds. The highest BCUT2D eigenvalue weighted by Gasteiger charge is 2.13. The van der Waals surface area contributed by atoms with Gasteiger partial charge in [-0.1, -0.05) is 44.2 Å². The zero-order chi connectivity index (χ0) is 12.7. The van der Waals surface area contributed by atoms with Crippen molar-refractivity contribution >= 4 is 5.91 Å². The van der Waals surface area contributed by atoms with E-state index >= 15 is 0 Å². The van der Waals surface area contributed by atoms with Crippen LogP contribution in [0.2, 0.25) is 0 Å². The molecule has 0 heterocycles. The van der Waals surface area contributed by atoms with Crippen LogP contribution in [-0.2, 0) is 4.79 Å². The first kappa shape index (κ1) is 13.7. The lowest BCUT2D eigenvalue weighted by Crippen LogP contribution is -2.36. The second kappa shape index (κ2) is 7.07. The van der Waals surface area contributed by atoms with Crippen LogP contribution in [-0.4, -0.2) is 25.0 Å². The summed E-state index contributed by atoms with van der Waals surface area (Å²) in [5, 5.41) is 6.20. The quantitative estimate of drug-likeness (QED) is 0.738. The van der Waals surface area contributed by atoms with Gasteiger partial charge in [-0.15, -0.1) is 0 Å². The van der Waals surface area contributed by atoms with Gasteiger partial charge < -0.3 is 10.6 Å². The first-order valence-electron chi connectivity index (χ1n) is 6.17. The van der Waals surface area contributed by atoms with Crippen molar-refractivity contribution in [3.8, 4) is 0 Å². The number of nitrogens with one attached hydrogen (secondary N) is 2. The maximum Gasteiger partial charge on any atom is 0.227 e. The summed E-state index contributed by atoms with van der Waals surface area (Å²) in [7, 11) is 0. The lowest BCUT2D eigenvalue weighted by atomic mass is 10.0. The molecule has 1 aromatic rings. The van der Waals surface area contributed by atoms with Crippen LogP contribution in [0.25, 0.3) is 0 Å². The standard InChI is InChI=1S/C14H22N2O/c1-11(2)15-9-10-16-14(17)12(3)13-7-5-4-6-8-13/h4-8,11-12,15H,9-10H2,1-3H3,(H,16,17). The summed E-state index contributed by atoms with van der Waals surface area (Å²) >= 11 is 0. The molecule has 94 valence electrons. The number of hydrogen-bond acceptors (Lipinski definition) is 2. The van der Waals surface area contributed by atoms with Crippen molar-refractivity contribution in [1.29, 1.82) is 0 Å². The Bertz CT molecular complexity index is 335. The van der Waals surface area contributed by atoms with E-state index in [1.807, 2.05) is 37.3 Å². The number of benzene rings is 1. The van der Waals surface area contributed by atoms with E-state index < -0.39 is 0 Å². The van der Waals surface area contributed by atoms with Crippen molar-refractivity contribution in [3.63, 3.8) is 0 Å². The summed E-state index contributed by atoms with van der Waals surface area (Å²) in [5.74, 6) is -0.00277. The maximum absolute atomic E-state index is 11.8. The second-order valence-corrected chi connectivity index (χ2v) is 4.53. The molecule has 1 rings (SSSR count). The normalized spacial score (nSPS) is 12.5. The Labute approximate surface area is 104 Å². The number of carbonyl (C=O) groups is 1. The average Bonchev–Trinajstić information content (AvgIpc) is 2.34. The zero-order valence-electron chi connectivity index (χ0n) is 10.9. The van der Waals surface area contributed by atoms with Crippen molar-refractivity contribution in [2.45, 2.75) is 32.7 Å². The van der Waals surface area contributed by atoms with Crippen LogP contribution < -0.4 is 10.6 Å². The van der Waals surface area contributed by atoms with E-state index in [-0.39, 0.29) is 11.8 Å². The molecule has 0 aromatic heterocycles. The zero-order valence-corrected chi connectivity index (χ0v) is 10.9. The van der Waals surface area contributed by atoms with Crippen LogP contribution in [0.1, 0.15) is 32.3 Å². The molecule has 1 aromatic carbocycles. The summed E-state index contributed by atoms with van der Waals surface area (Å²) < 4.78 is 0. The molecule has 0 saturated carbocycles. The highest BCUT2D eigenvalue weighted by atomic mass is 16.1. The van der Waals surface area contributed by atoms with Gasteiger partial charge in [-0.2, -0.15) is 0 Å². The van der Waals surface area contributed by atoms with Gasteiger partial charge in [0.15, 0.2) is 0 Å².